The van der Waals surface area contributed by atoms with Gasteiger partial charge in [0.15, 0.2) is 0 Å². The van der Waals surface area contributed by atoms with E-state index in [1.807, 2.05) is 48.2 Å². The van der Waals surface area contributed by atoms with Gasteiger partial charge in [0, 0.05) is 25.1 Å². The first-order valence-corrected chi connectivity index (χ1v) is 8.83. The molecule has 1 atom stereocenters. The number of benzene rings is 2. The van der Waals surface area contributed by atoms with Crippen LogP contribution in [0.5, 0.6) is 0 Å². The van der Waals surface area contributed by atoms with E-state index in [0.29, 0.717) is 31.2 Å². The van der Waals surface area contributed by atoms with Crippen LogP contribution in [0.4, 0.5) is 0 Å². The van der Waals surface area contributed by atoms with Crippen molar-refractivity contribution in [2.24, 2.45) is 0 Å². The zero-order chi connectivity index (χ0) is 18.1. The highest BCUT2D eigenvalue weighted by atomic mass is 16.5. The first-order valence-electron chi connectivity index (χ1n) is 8.83. The Hall–Kier alpha value is -2.95. The molecule has 0 bridgehead atoms. The van der Waals surface area contributed by atoms with Crippen molar-refractivity contribution in [3.8, 4) is 11.4 Å². The number of hydrogen-bond acceptors (Lipinski definition) is 4. The standard InChI is InChI=1S/C21H21N3O2/c1-14-7-3-5-9-16(14)12-24-13-17(11-19(24)25)21-22-20(23-26-21)18-10-6-4-8-15(18)2/h3-10,17H,11-13H2,1-2H3. The minimum atomic E-state index is -0.0446. The van der Waals surface area contributed by atoms with Crippen molar-refractivity contribution in [3.05, 3.63) is 71.1 Å². The molecule has 1 amide bonds. The monoisotopic (exact) mass is 347 g/mol. The summed E-state index contributed by atoms with van der Waals surface area (Å²) in [5, 5.41) is 4.12. The van der Waals surface area contributed by atoms with Crippen molar-refractivity contribution in [1.29, 1.82) is 0 Å². The van der Waals surface area contributed by atoms with Gasteiger partial charge in [-0.3, -0.25) is 4.79 Å². The van der Waals surface area contributed by atoms with Crippen LogP contribution in [-0.4, -0.2) is 27.5 Å². The Morgan fingerprint density at radius 3 is 2.58 bits per heavy atom. The molecular weight excluding hydrogens is 326 g/mol. The SMILES string of the molecule is Cc1ccccc1CN1CC(c2nc(-c3ccccc3C)no2)CC1=O. The molecule has 3 aromatic rings. The molecule has 1 aliphatic heterocycles. The van der Waals surface area contributed by atoms with Crippen LogP contribution in [0.15, 0.2) is 53.1 Å². The van der Waals surface area contributed by atoms with E-state index in [9.17, 15) is 4.79 Å². The minimum absolute atomic E-state index is 0.0446. The summed E-state index contributed by atoms with van der Waals surface area (Å²) in [5.74, 6) is 1.22. The Labute approximate surface area is 152 Å². The predicted molar refractivity (Wildman–Crippen MR) is 98.4 cm³/mol. The first-order chi connectivity index (χ1) is 12.6. The van der Waals surface area contributed by atoms with Crippen molar-refractivity contribution >= 4 is 5.91 Å². The van der Waals surface area contributed by atoms with Crippen LogP contribution in [-0.2, 0) is 11.3 Å². The number of nitrogens with zero attached hydrogens (tertiary/aromatic N) is 3. The van der Waals surface area contributed by atoms with E-state index >= 15 is 0 Å². The van der Waals surface area contributed by atoms with Crippen LogP contribution in [0, 0.1) is 13.8 Å². The maximum Gasteiger partial charge on any atom is 0.232 e. The summed E-state index contributed by atoms with van der Waals surface area (Å²) in [6, 6.07) is 16.1. The van der Waals surface area contributed by atoms with Crippen molar-refractivity contribution in [2.45, 2.75) is 32.7 Å². The fraction of sp³-hybridized carbons (Fsp3) is 0.286. The van der Waals surface area contributed by atoms with E-state index in [-0.39, 0.29) is 11.8 Å². The molecule has 0 radical (unpaired) electrons. The fourth-order valence-electron chi connectivity index (χ4n) is 3.42. The smallest absolute Gasteiger partial charge is 0.232 e. The number of rotatable bonds is 4. The molecule has 4 rings (SSSR count). The largest absolute Gasteiger partial charge is 0.339 e. The van der Waals surface area contributed by atoms with Crippen molar-refractivity contribution in [3.63, 3.8) is 0 Å². The highest BCUT2D eigenvalue weighted by Crippen LogP contribution is 2.30. The number of carbonyl (C=O) groups excluding carboxylic acids is 1. The summed E-state index contributed by atoms with van der Waals surface area (Å²) in [6.07, 6.45) is 0.418. The highest BCUT2D eigenvalue weighted by molar-refractivity contribution is 5.79. The molecule has 1 fully saturated rings. The van der Waals surface area contributed by atoms with Crippen LogP contribution in [0.3, 0.4) is 0 Å². The lowest BCUT2D eigenvalue weighted by molar-refractivity contribution is -0.128. The van der Waals surface area contributed by atoms with Crippen LogP contribution in [0.2, 0.25) is 0 Å². The predicted octanol–water partition coefficient (Wildman–Crippen LogP) is 3.87. The van der Waals surface area contributed by atoms with Gasteiger partial charge in [-0.1, -0.05) is 53.7 Å². The molecule has 0 N–H and O–H groups in total. The zero-order valence-electron chi connectivity index (χ0n) is 15.0. The summed E-state index contributed by atoms with van der Waals surface area (Å²) >= 11 is 0. The molecule has 26 heavy (non-hydrogen) atoms. The van der Waals surface area contributed by atoms with Gasteiger partial charge in [-0.2, -0.15) is 4.98 Å². The molecule has 2 aromatic carbocycles. The number of amides is 1. The first kappa shape index (κ1) is 16.5. The quantitative estimate of drug-likeness (QED) is 0.719. The van der Waals surface area contributed by atoms with Gasteiger partial charge in [0.1, 0.15) is 0 Å². The third-order valence-corrected chi connectivity index (χ3v) is 5.01. The third kappa shape index (κ3) is 3.12. The maximum atomic E-state index is 12.4. The van der Waals surface area contributed by atoms with Crippen molar-refractivity contribution in [2.75, 3.05) is 6.54 Å². The van der Waals surface area contributed by atoms with Gasteiger partial charge in [-0.05, 0) is 30.5 Å². The van der Waals surface area contributed by atoms with E-state index in [2.05, 4.69) is 29.2 Å². The van der Waals surface area contributed by atoms with E-state index < -0.39 is 0 Å². The van der Waals surface area contributed by atoms with Gasteiger partial charge >= 0.3 is 0 Å². The van der Waals surface area contributed by atoms with Crippen LogP contribution >= 0.6 is 0 Å². The van der Waals surface area contributed by atoms with E-state index in [1.165, 1.54) is 11.1 Å². The van der Waals surface area contributed by atoms with Gasteiger partial charge in [0.25, 0.3) is 0 Å². The Kier molecular flexibility index (Phi) is 4.29. The van der Waals surface area contributed by atoms with Crippen LogP contribution in [0.1, 0.15) is 34.9 Å². The topological polar surface area (TPSA) is 59.2 Å². The minimum Gasteiger partial charge on any atom is -0.339 e. The number of hydrogen-bond donors (Lipinski definition) is 0. The number of aromatic nitrogens is 2. The molecular formula is C21H21N3O2. The molecule has 132 valence electrons. The van der Waals surface area contributed by atoms with Crippen molar-refractivity contribution in [1.82, 2.24) is 15.0 Å². The molecule has 1 aliphatic rings. The molecule has 2 heterocycles. The Morgan fingerprint density at radius 2 is 1.81 bits per heavy atom. The molecule has 0 spiro atoms. The zero-order valence-corrected chi connectivity index (χ0v) is 15.0. The summed E-state index contributed by atoms with van der Waals surface area (Å²) in [6.45, 7) is 5.33. The van der Waals surface area contributed by atoms with E-state index in [0.717, 1.165) is 11.1 Å². The number of carbonyl (C=O) groups is 1. The lowest BCUT2D eigenvalue weighted by Gasteiger charge is -2.17. The molecule has 5 nitrogen and oxygen atoms in total. The molecule has 1 unspecified atom stereocenters. The second kappa shape index (κ2) is 6.75. The average Bonchev–Trinajstić information content (AvgIpc) is 3.25. The van der Waals surface area contributed by atoms with Crippen LogP contribution < -0.4 is 0 Å². The van der Waals surface area contributed by atoms with Crippen LogP contribution in [0.25, 0.3) is 11.4 Å². The molecule has 0 aliphatic carbocycles. The van der Waals surface area contributed by atoms with E-state index in [4.69, 9.17) is 4.52 Å². The highest BCUT2D eigenvalue weighted by Gasteiger charge is 2.34. The summed E-state index contributed by atoms with van der Waals surface area (Å²) in [7, 11) is 0. The number of likely N-dealkylation sites (tertiary alicyclic amines) is 1. The number of aryl methyl sites for hydroxylation is 2. The maximum absolute atomic E-state index is 12.4. The van der Waals surface area contributed by atoms with Gasteiger partial charge in [-0.15, -0.1) is 0 Å². The second-order valence-corrected chi connectivity index (χ2v) is 6.87. The summed E-state index contributed by atoms with van der Waals surface area (Å²) in [4.78, 5) is 18.9. The fourth-order valence-corrected chi connectivity index (χ4v) is 3.42. The Balaban J connectivity index is 1.51. The Bertz CT molecular complexity index is 948. The van der Waals surface area contributed by atoms with Gasteiger partial charge in [0.2, 0.25) is 17.6 Å². The Morgan fingerprint density at radius 1 is 1.08 bits per heavy atom. The lowest BCUT2D eigenvalue weighted by atomic mass is 10.1. The third-order valence-electron chi connectivity index (χ3n) is 5.01. The average molecular weight is 347 g/mol. The second-order valence-electron chi connectivity index (χ2n) is 6.87. The molecule has 1 saturated heterocycles. The molecule has 0 saturated carbocycles. The summed E-state index contributed by atoms with van der Waals surface area (Å²) < 4.78 is 5.49. The van der Waals surface area contributed by atoms with Gasteiger partial charge in [-0.25, -0.2) is 0 Å². The van der Waals surface area contributed by atoms with Gasteiger partial charge < -0.3 is 9.42 Å². The normalized spacial score (nSPS) is 17.1. The molecule has 1 aromatic heterocycles. The molecule has 5 heteroatoms. The lowest BCUT2D eigenvalue weighted by Crippen LogP contribution is -2.24. The van der Waals surface area contributed by atoms with Gasteiger partial charge in [0.05, 0.1) is 5.92 Å². The van der Waals surface area contributed by atoms with Crippen molar-refractivity contribution < 1.29 is 9.32 Å². The summed E-state index contributed by atoms with van der Waals surface area (Å²) in [5.41, 5.74) is 4.43. The van der Waals surface area contributed by atoms with E-state index in [1.54, 1.807) is 0 Å².